The van der Waals surface area contributed by atoms with Gasteiger partial charge in [-0.25, -0.2) is 8.42 Å². The SMILES string of the molecule is Cl.NC(CNC(=O)C1CCCN1S(=O)(=O)c1cccc([N+](=O)[O-])c1)C1CC1. The molecule has 27 heavy (non-hydrogen) atoms. The van der Waals surface area contributed by atoms with Gasteiger partial charge in [0, 0.05) is 31.3 Å². The molecule has 2 atom stereocenters. The summed E-state index contributed by atoms with van der Waals surface area (Å²) in [6.45, 7) is 0.530. The molecule has 1 aromatic carbocycles. The molecule has 1 aliphatic carbocycles. The van der Waals surface area contributed by atoms with Crippen LogP contribution < -0.4 is 11.1 Å². The molecular weight excluding hydrogens is 396 g/mol. The van der Waals surface area contributed by atoms with Gasteiger partial charge in [-0.2, -0.15) is 4.31 Å². The smallest absolute Gasteiger partial charge is 0.270 e. The van der Waals surface area contributed by atoms with Crippen molar-refractivity contribution in [3.63, 3.8) is 0 Å². The van der Waals surface area contributed by atoms with Crippen LogP contribution in [0.15, 0.2) is 29.2 Å². The van der Waals surface area contributed by atoms with Crippen molar-refractivity contribution in [3.05, 3.63) is 34.4 Å². The summed E-state index contributed by atoms with van der Waals surface area (Å²) >= 11 is 0. The second kappa shape index (κ2) is 8.51. The molecule has 2 fully saturated rings. The van der Waals surface area contributed by atoms with Crippen molar-refractivity contribution >= 4 is 34.0 Å². The number of nitrogens with one attached hydrogen (secondary N) is 1. The molecule has 1 aromatic rings. The zero-order valence-electron chi connectivity index (χ0n) is 14.6. The molecule has 11 heteroatoms. The molecule has 1 saturated carbocycles. The molecule has 3 rings (SSSR count). The highest BCUT2D eigenvalue weighted by molar-refractivity contribution is 7.89. The van der Waals surface area contributed by atoms with Gasteiger partial charge < -0.3 is 11.1 Å². The summed E-state index contributed by atoms with van der Waals surface area (Å²) in [5.74, 6) is 0.0659. The van der Waals surface area contributed by atoms with Gasteiger partial charge in [-0.3, -0.25) is 14.9 Å². The first-order valence-electron chi connectivity index (χ1n) is 8.60. The number of nitro groups is 1. The van der Waals surface area contributed by atoms with Crippen LogP contribution in [0.4, 0.5) is 5.69 Å². The molecule has 1 aliphatic heterocycles. The minimum Gasteiger partial charge on any atom is -0.353 e. The highest BCUT2D eigenvalue weighted by Crippen LogP contribution is 2.31. The Labute approximate surface area is 163 Å². The number of nitrogens with two attached hydrogens (primary N) is 1. The molecule has 1 amide bonds. The number of sulfonamides is 1. The predicted octanol–water partition coefficient (Wildman–Crippen LogP) is 1.02. The minimum absolute atomic E-state index is 0. The summed E-state index contributed by atoms with van der Waals surface area (Å²) < 4.78 is 26.9. The van der Waals surface area contributed by atoms with E-state index in [0.717, 1.165) is 23.2 Å². The molecule has 2 aliphatic rings. The summed E-state index contributed by atoms with van der Waals surface area (Å²) in [7, 11) is -3.99. The standard InChI is InChI=1S/C16H22N4O5S.ClH/c17-14(11-6-7-11)10-18-16(21)15-5-2-8-19(15)26(24,25)13-4-1-3-12(9-13)20(22)23;/h1,3-4,9,11,14-15H,2,5-8,10,17H2,(H,18,21);1H. The third kappa shape index (κ3) is 4.75. The maximum atomic E-state index is 12.9. The van der Waals surface area contributed by atoms with Crippen molar-refractivity contribution in [1.82, 2.24) is 9.62 Å². The number of amides is 1. The van der Waals surface area contributed by atoms with Crippen molar-refractivity contribution in [2.24, 2.45) is 11.7 Å². The van der Waals surface area contributed by atoms with Crippen LogP contribution in [0.2, 0.25) is 0 Å². The van der Waals surface area contributed by atoms with Gasteiger partial charge in [-0.05, 0) is 37.7 Å². The number of hydrogen-bond acceptors (Lipinski definition) is 6. The molecule has 0 aromatic heterocycles. The Morgan fingerprint density at radius 2 is 2.07 bits per heavy atom. The largest absolute Gasteiger partial charge is 0.353 e. The normalized spacial score (nSPS) is 21.3. The predicted molar refractivity (Wildman–Crippen MR) is 101 cm³/mol. The van der Waals surface area contributed by atoms with Crippen LogP contribution in [-0.4, -0.2) is 48.7 Å². The number of halogens is 1. The summed E-state index contributed by atoms with van der Waals surface area (Å²) in [6.07, 6.45) is 3.10. The van der Waals surface area contributed by atoms with Gasteiger partial charge in [0.1, 0.15) is 6.04 Å². The Bertz CT molecular complexity index is 815. The van der Waals surface area contributed by atoms with Gasteiger partial charge >= 0.3 is 0 Å². The van der Waals surface area contributed by atoms with Crippen molar-refractivity contribution in [2.75, 3.05) is 13.1 Å². The first-order chi connectivity index (χ1) is 12.3. The Hall–Kier alpha value is -1.75. The molecule has 1 heterocycles. The van der Waals surface area contributed by atoms with E-state index in [1.165, 1.54) is 18.2 Å². The average Bonchev–Trinajstić information content (AvgIpc) is 3.35. The molecule has 1 saturated heterocycles. The zero-order valence-corrected chi connectivity index (χ0v) is 16.2. The second-order valence-electron chi connectivity index (χ2n) is 6.77. The van der Waals surface area contributed by atoms with E-state index in [4.69, 9.17) is 5.73 Å². The van der Waals surface area contributed by atoms with Crippen molar-refractivity contribution < 1.29 is 18.1 Å². The van der Waals surface area contributed by atoms with Gasteiger partial charge in [0.25, 0.3) is 5.69 Å². The van der Waals surface area contributed by atoms with Crippen LogP contribution in [0.1, 0.15) is 25.7 Å². The van der Waals surface area contributed by atoms with Crippen LogP contribution >= 0.6 is 12.4 Å². The van der Waals surface area contributed by atoms with E-state index in [9.17, 15) is 23.3 Å². The van der Waals surface area contributed by atoms with Crippen LogP contribution in [0.25, 0.3) is 0 Å². The molecule has 2 unspecified atom stereocenters. The van der Waals surface area contributed by atoms with Gasteiger partial charge in [-0.1, -0.05) is 6.07 Å². The lowest BCUT2D eigenvalue weighted by molar-refractivity contribution is -0.385. The number of non-ortho nitro benzene ring substituents is 1. The number of nitro benzene ring substituents is 1. The van der Waals surface area contributed by atoms with Gasteiger partial charge in [0.05, 0.1) is 9.82 Å². The third-order valence-electron chi connectivity index (χ3n) is 4.88. The van der Waals surface area contributed by atoms with Crippen molar-refractivity contribution in [2.45, 2.75) is 42.7 Å². The minimum atomic E-state index is -3.99. The lowest BCUT2D eigenvalue weighted by Gasteiger charge is -2.24. The maximum Gasteiger partial charge on any atom is 0.270 e. The van der Waals surface area contributed by atoms with E-state index in [-0.39, 0.29) is 41.5 Å². The molecular formula is C16H23ClN4O5S. The molecule has 3 N–H and O–H groups in total. The molecule has 0 radical (unpaired) electrons. The highest BCUT2D eigenvalue weighted by atomic mass is 35.5. The summed E-state index contributed by atoms with van der Waals surface area (Å²) in [5, 5.41) is 13.7. The number of carbonyl (C=O) groups excluding carboxylic acids is 1. The zero-order chi connectivity index (χ0) is 18.9. The van der Waals surface area contributed by atoms with E-state index >= 15 is 0 Å². The van der Waals surface area contributed by atoms with Crippen LogP contribution in [0.5, 0.6) is 0 Å². The first-order valence-corrected chi connectivity index (χ1v) is 10.0. The highest BCUT2D eigenvalue weighted by Gasteiger charge is 2.40. The topological polar surface area (TPSA) is 136 Å². The lowest BCUT2D eigenvalue weighted by atomic mass is 10.2. The number of carbonyl (C=O) groups is 1. The molecule has 9 nitrogen and oxygen atoms in total. The number of hydrogen-bond donors (Lipinski definition) is 2. The monoisotopic (exact) mass is 418 g/mol. The van der Waals surface area contributed by atoms with E-state index in [1.807, 2.05) is 0 Å². The number of benzene rings is 1. The van der Waals surface area contributed by atoms with Crippen LogP contribution in [-0.2, 0) is 14.8 Å². The Kier molecular flexibility index (Phi) is 6.79. The molecule has 0 spiro atoms. The van der Waals surface area contributed by atoms with Crippen LogP contribution in [0, 0.1) is 16.0 Å². The summed E-state index contributed by atoms with van der Waals surface area (Å²) in [5.41, 5.74) is 5.67. The molecule has 0 bridgehead atoms. The average molecular weight is 419 g/mol. The second-order valence-corrected chi connectivity index (χ2v) is 8.67. The lowest BCUT2D eigenvalue weighted by Crippen LogP contribution is -2.48. The summed E-state index contributed by atoms with van der Waals surface area (Å²) in [6, 6.07) is 3.95. The van der Waals surface area contributed by atoms with E-state index in [0.29, 0.717) is 25.3 Å². The fraction of sp³-hybridized carbons (Fsp3) is 0.562. The van der Waals surface area contributed by atoms with Crippen molar-refractivity contribution in [3.8, 4) is 0 Å². The van der Waals surface area contributed by atoms with Gasteiger partial charge in [-0.15, -0.1) is 12.4 Å². The van der Waals surface area contributed by atoms with E-state index in [1.54, 1.807) is 0 Å². The Morgan fingerprint density at radius 3 is 2.70 bits per heavy atom. The Morgan fingerprint density at radius 1 is 1.37 bits per heavy atom. The first kappa shape index (κ1) is 21.5. The van der Waals surface area contributed by atoms with Crippen molar-refractivity contribution in [1.29, 1.82) is 0 Å². The van der Waals surface area contributed by atoms with E-state index in [2.05, 4.69) is 5.32 Å². The van der Waals surface area contributed by atoms with Gasteiger partial charge in [0.15, 0.2) is 0 Å². The number of nitrogens with zero attached hydrogens (tertiary/aromatic N) is 2. The fourth-order valence-corrected chi connectivity index (χ4v) is 4.91. The quantitative estimate of drug-likeness (QED) is 0.501. The Balaban J connectivity index is 0.00000261. The fourth-order valence-electron chi connectivity index (χ4n) is 3.21. The van der Waals surface area contributed by atoms with Gasteiger partial charge in [0.2, 0.25) is 15.9 Å². The number of rotatable bonds is 7. The third-order valence-corrected chi connectivity index (χ3v) is 6.79. The maximum absolute atomic E-state index is 12.9. The van der Waals surface area contributed by atoms with Crippen LogP contribution in [0.3, 0.4) is 0 Å². The molecule has 150 valence electrons. The summed E-state index contributed by atoms with van der Waals surface area (Å²) in [4.78, 5) is 22.6. The van der Waals surface area contributed by atoms with E-state index < -0.39 is 21.0 Å².